The Balaban J connectivity index is 1.48. The average Bonchev–Trinajstić information content (AvgIpc) is 3.13. The second-order valence-corrected chi connectivity index (χ2v) is 7.81. The van der Waals surface area contributed by atoms with Gasteiger partial charge >= 0.3 is 0 Å². The van der Waals surface area contributed by atoms with Crippen LogP contribution in [0.25, 0.3) is 22.2 Å². The molecular weight excluding hydrogens is 362 g/mol. The highest BCUT2D eigenvalue weighted by Crippen LogP contribution is 2.26. The van der Waals surface area contributed by atoms with Gasteiger partial charge in [-0.2, -0.15) is 5.10 Å². The summed E-state index contributed by atoms with van der Waals surface area (Å²) in [6.45, 7) is 5.66. The van der Waals surface area contributed by atoms with Gasteiger partial charge in [-0.1, -0.05) is 44.2 Å². The van der Waals surface area contributed by atoms with E-state index in [0.29, 0.717) is 12.4 Å². The summed E-state index contributed by atoms with van der Waals surface area (Å²) in [5, 5.41) is 19.9. The predicted octanol–water partition coefficient (Wildman–Crippen LogP) is 3.45. The van der Waals surface area contributed by atoms with Gasteiger partial charge in [-0.25, -0.2) is 0 Å². The third-order valence-corrected chi connectivity index (χ3v) is 5.21. The maximum absolute atomic E-state index is 5.90. The lowest BCUT2D eigenvalue weighted by molar-refractivity contribution is 0.555. The van der Waals surface area contributed by atoms with Crippen molar-refractivity contribution in [3.05, 3.63) is 65.7 Å². The number of aromatic nitrogens is 4. The summed E-state index contributed by atoms with van der Waals surface area (Å²) < 4.78 is 0. The number of H-pyrrole nitrogens is 1. The van der Waals surface area contributed by atoms with Crippen molar-refractivity contribution in [2.75, 3.05) is 17.6 Å². The SMILES string of the molecule is CC(C)(CNc1ccc(-c2ccc3[nH]nc(N)c3c2)nn1)c1cccc(CN)c1. The van der Waals surface area contributed by atoms with Crippen LogP contribution in [-0.4, -0.2) is 26.9 Å². The Morgan fingerprint density at radius 2 is 1.90 bits per heavy atom. The van der Waals surface area contributed by atoms with Crippen LogP contribution in [0, 0.1) is 0 Å². The number of nitrogens with two attached hydrogens (primary N) is 2. The Hall–Kier alpha value is -3.45. The zero-order chi connectivity index (χ0) is 20.4. The Bertz CT molecular complexity index is 1130. The van der Waals surface area contributed by atoms with E-state index in [9.17, 15) is 0 Å². The van der Waals surface area contributed by atoms with Crippen LogP contribution < -0.4 is 16.8 Å². The van der Waals surface area contributed by atoms with Crippen molar-refractivity contribution >= 4 is 22.5 Å². The molecule has 4 rings (SSSR count). The Kier molecular flexibility index (Phi) is 4.90. The van der Waals surface area contributed by atoms with Crippen LogP contribution in [0.2, 0.25) is 0 Å². The number of nitrogens with one attached hydrogen (secondary N) is 2. The molecule has 7 heteroatoms. The quantitative estimate of drug-likeness (QED) is 0.402. The van der Waals surface area contributed by atoms with Crippen LogP contribution in [0.3, 0.4) is 0 Å². The van der Waals surface area contributed by atoms with Crippen molar-refractivity contribution in [2.45, 2.75) is 25.8 Å². The standard InChI is InChI=1S/C22H25N7/c1-22(2,16-5-3-4-14(10-16)12-23)13-25-20-9-8-18(26-28-20)15-6-7-19-17(11-15)21(24)29-27-19/h3-11H,12-13,23H2,1-2H3,(H,25,28)(H3,24,27,29). The van der Waals surface area contributed by atoms with Crippen LogP contribution in [0.1, 0.15) is 25.0 Å². The lowest BCUT2D eigenvalue weighted by Crippen LogP contribution is -2.28. The van der Waals surface area contributed by atoms with Gasteiger partial charge in [-0.05, 0) is 35.4 Å². The zero-order valence-corrected chi connectivity index (χ0v) is 16.6. The van der Waals surface area contributed by atoms with E-state index in [-0.39, 0.29) is 5.41 Å². The Morgan fingerprint density at radius 3 is 2.66 bits per heavy atom. The number of fused-ring (bicyclic) bond motifs is 1. The highest BCUT2D eigenvalue weighted by Gasteiger charge is 2.21. The van der Waals surface area contributed by atoms with Gasteiger partial charge in [0.2, 0.25) is 0 Å². The first-order valence-electron chi connectivity index (χ1n) is 9.57. The molecule has 0 bridgehead atoms. The van der Waals surface area contributed by atoms with Crippen molar-refractivity contribution in [2.24, 2.45) is 5.73 Å². The van der Waals surface area contributed by atoms with Crippen LogP contribution in [0.15, 0.2) is 54.6 Å². The molecule has 148 valence electrons. The van der Waals surface area contributed by atoms with Gasteiger partial charge in [-0.15, -0.1) is 10.2 Å². The molecule has 2 aromatic heterocycles. The minimum atomic E-state index is -0.0740. The molecule has 0 saturated heterocycles. The van der Waals surface area contributed by atoms with Crippen molar-refractivity contribution in [1.29, 1.82) is 0 Å². The van der Waals surface area contributed by atoms with E-state index in [2.05, 4.69) is 57.8 Å². The van der Waals surface area contributed by atoms with Crippen LogP contribution >= 0.6 is 0 Å². The van der Waals surface area contributed by atoms with Gasteiger partial charge in [0.25, 0.3) is 0 Å². The number of hydrogen-bond acceptors (Lipinski definition) is 6. The largest absolute Gasteiger partial charge is 0.382 e. The number of nitrogen functional groups attached to an aromatic ring is 1. The lowest BCUT2D eigenvalue weighted by atomic mass is 9.84. The topological polar surface area (TPSA) is 119 Å². The zero-order valence-electron chi connectivity index (χ0n) is 16.6. The van der Waals surface area contributed by atoms with Crippen molar-refractivity contribution in [3.63, 3.8) is 0 Å². The molecule has 0 fully saturated rings. The monoisotopic (exact) mass is 387 g/mol. The highest BCUT2D eigenvalue weighted by atomic mass is 15.2. The fourth-order valence-corrected chi connectivity index (χ4v) is 3.31. The predicted molar refractivity (Wildman–Crippen MR) is 117 cm³/mol. The van der Waals surface area contributed by atoms with E-state index in [4.69, 9.17) is 11.5 Å². The molecule has 0 aliphatic rings. The summed E-state index contributed by atoms with van der Waals surface area (Å²) >= 11 is 0. The molecule has 29 heavy (non-hydrogen) atoms. The summed E-state index contributed by atoms with van der Waals surface area (Å²) in [7, 11) is 0. The van der Waals surface area contributed by atoms with E-state index in [0.717, 1.165) is 40.1 Å². The summed E-state index contributed by atoms with van der Waals surface area (Å²) in [5.74, 6) is 1.22. The number of benzene rings is 2. The highest BCUT2D eigenvalue weighted by molar-refractivity contribution is 5.91. The van der Waals surface area contributed by atoms with Crippen LogP contribution in [0.5, 0.6) is 0 Å². The van der Waals surface area contributed by atoms with Gasteiger partial charge in [-0.3, -0.25) is 5.10 Å². The molecule has 0 spiro atoms. The Morgan fingerprint density at radius 1 is 1.03 bits per heavy atom. The maximum Gasteiger partial charge on any atom is 0.153 e. The Labute approximate surface area is 169 Å². The second-order valence-electron chi connectivity index (χ2n) is 7.81. The fraction of sp³-hybridized carbons (Fsp3) is 0.227. The van der Waals surface area contributed by atoms with Gasteiger partial charge in [0.05, 0.1) is 11.2 Å². The number of nitrogens with zero attached hydrogens (tertiary/aromatic N) is 3. The molecule has 0 aliphatic carbocycles. The maximum atomic E-state index is 5.90. The first kappa shape index (κ1) is 18.9. The first-order valence-corrected chi connectivity index (χ1v) is 9.57. The number of rotatable bonds is 6. The molecule has 6 N–H and O–H groups in total. The van der Waals surface area contributed by atoms with Gasteiger partial charge in [0, 0.05) is 29.5 Å². The molecule has 7 nitrogen and oxygen atoms in total. The lowest BCUT2D eigenvalue weighted by Gasteiger charge is -2.26. The van der Waals surface area contributed by atoms with Crippen molar-refractivity contribution in [3.8, 4) is 11.3 Å². The van der Waals surface area contributed by atoms with Crippen LogP contribution in [-0.2, 0) is 12.0 Å². The normalized spacial score (nSPS) is 11.7. The number of anilines is 2. The molecule has 0 aliphatic heterocycles. The van der Waals surface area contributed by atoms with E-state index >= 15 is 0 Å². The third-order valence-electron chi connectivity index (χ3n) is 5.21. The summed E-state index contributed by atoms with van der Waals surface area (Å²) in [6, 6.07) is 18.2. The number of aromatic amines is 1. The fourth-order valence-electron chi connectivity index (χ4n) is 3.31. The molecule has 2 aromatic carbocycles. The number of hydrogen-bond donors (Lipinski definition) is 4. The minimum absolute atomic E-state index is 0.0740. The summed E-state index contributed by atoms with van der Waals surface area (Å²) in [4.78, 5) is 0. The van der Waals surface area contributed by atoms with Gasteiger partial charge in [0.15, 0.2) is 5.82 Å². The van der Waals surface area contributed by atoms with Gasteiger partial charge < -0.3 is 16.8 Å². The van der Waals surface area contributed by atoms with Crippen LogP contribution in [0.4, 0.5) is 11.6 Å². The molecule has 0 saturated carbocycles. The summed E-state index contributed by atoms with van der Waals surface area (Å²) in [5.41, 5.74) is 16.6. The third kappa shape index (κ3) is 3.90. The smallest absolute Gasteiger partial charge is 0.153 e. The molecule has 0 radical (unpaired) electrons. The van der Waals surface area contributed by atoms with E-state index in [1.54, 1.807) is 0 Å². The molecule has 4 aromatic rings. The minimum Gasteiger partial charge on any atom is -0.382 e. The van der Waals surface area contributed by atoms with Crippen molar-refractivity contribution in [1.82, 2.24) is 20.4 Å². The van der Waals surface area contributed by atoms with E-state index in [1.807, 2.05) is 36.4 Å². The molecule has 0 amide bonds. The molecular formula is C22H25N7. The van der Waals surface area contributed by atoms with Crippen molar-refractivity contribution < 1.29 is 0 Å². The molecule has 2 heterocycles. The molecule has 0 atom stereocenters. The molecule has 0 unspecified atom stereocenters. The average molecular weight is 387 g/mol. The van der Waals surface area contributed by atoms with E-state index < -0.39 is 0 Å². The van der Waals surface area contributed by atoms with E-state index in [1.165, 1.54) is 5.56 Å². The van der Waals surface area contributed by atoms with Gasteiger partial charge in [0.1, 0.15) is 5.82 Å². The summed E-state index contributed by atoms with van der Waals surface area (Å²) in [6.07, 6.45) is 0. The first-order chi connectivity index (χ1) is 14.0. The second kappa shape index (κ2) is 7.52.